The maximum Gasteiger partial charge on any atom is 0.390 e. The summed E-state index contributed by atoms with van der Waals surface area (Å²) in [5.74, 6) is -0.570. The van der Waals surface area contributed by atoms with E-state index in [0.29, 0.717) is 5.69 Å². The van der Waals surface area contributed by atoms with Crippen molar-refractivity contribution in [3.63, 3.8) is 0 Å². The molecule has 2 N–H and O–H groups in total. The summed E-state index contributed by atoms with van der Waals surface area (Å²) >= 11 is 0. The monoisotopic (exact) mass is 264 g/mol. The minimum Gasteiger partial charge on any atom is -0.395 e. The Morgan fingerprint density at radius 2 is 2.06 bits per heavy atom. The molecule has 1 aromatic heterocycles. The normalized spacial score (nSPS) is 11.7. The van der Waals surface area contributed by atoms with E-state index in [9.17, 15) is 18.0 Å². The minimum atomic E-state index is -4.29. The first kappa shape index (κ1) is 14.3. The Hall–Kier alpha value is -1.73. The van der Waals surface area contributed by atoms with Crippen molar-refractivity contribution in [2.45, 2.75) is 19.5 Å². The molecule has 0 atom stereocenters. The average Bonchev–Trinajstić information content (AvgIpc) is 2.48. The summed E-state index contributed by atoms with van der Waals surface area (Å²) in [5, 5.41) is 3.94. The number of carbonyl (C=O) groups excluding carboxylic acids is 1. The predicted octanol–water partition coefficient (Wildman–Crippen LogP) is 1.34. The van der Waals surface area contributed by atoms with Gasteiger partial charge in [0.2, 0.25) is 0 Å². The summed E-state index contributed by atoms with van der Waals surface area (Å²) in [4.78, 5) is 12.9. The Labute approximate surface area is 102 Å². The van der Waals surface area contributed by atoms with Crippen LogP contribution < -0.4 is 5.73 Å². The number of aromatic nitrogens is 2. The van der Waals surface area contributed by atoms with Crippen LogP contribution in [-0.4, -0.2) is 40.4 Å². The van der Waals surface area contributed by atoms with Gasteiger partial charge in [-0.25, -0.2) is 0 Å². The molecular weight excluding hydrogens is 249 g/mol. The molecule has 0 unspecified atom stereocenters. The van der Waals surface area contributed by atoms with E-state index in [4.69, 9.17) is 5.73 Å². The number of halogens is 3. The Bertz CT molecular complexity index is 453. The van der Waals surface area contributed by atoms with Gasteiger partial charge in [0.25, 0.3) is 5.91 Å². The van der Waals surface area contributed by atoms with Gasteiger partial charge in [-0.3, -0.25) is 9.48 Å². The first-order valence-electron chi connectivity index (χ1n) is 5.24. The number of hydrogen-bond donors (Lipinski definition) is 1. The predicted molar refractivity (Wildman–Crippen MR) is 60.0 cm³/mol. The van der Waals surface area contributed by atoms with Crippen LogP contribution >= 0.6 is 0 Å². The van der Waals surface area contributed by atoms with Crippen molar-refractivity contribution in [1.29, 1.82) is 0 Å². The minimum absolute atomic E-state index is 0.108. The zero-order valence-corrected chi connectivity index (χ0v) is 10.4. The fourth-order valence-electron chi connectivity index (χ4n) is 1.50. The van der Waals surface area contributed by atoms with Crippen LogP contribution in [0, 0.1) is 6.92 Å². The van der Waals surface area contributed by atoms with E-state index in [1.54, 1.807) is 6.92 Å². The van der Waals surface area contributed by atoms with Gasteiger partial charge in [-0.2, -0.15) is 18.3 Å². The molecule has 0 aliphatic rings. The van der Waals surface area contributed by atoms with Crippen molar-refractivity contribution >= 4 is 11.6 Å². The summed E-state index contributed by atoms with van der Waals surface area (Å²) in [6.07, 6.45) is -5.34. The third-order valence-corrected chi connectivity index (χ3v) is 2.55. The molecule has 0 aliphatic heterocycles. The maximum absolute atomic E-state index is 12.1. The Balaban J connectivity index is 2.81. The van der Waals surface area contributed by atoms with Gasteiger partial charge in [-0.05, 0) is 6.92 Å². The van der Waals surface area contributed by atoms with E-state index in [-0.39, 0.29) is 11.4 Å². The van der Waals surface area contributed by atoms with Gasteiger partial charge in [0, 0.05) is 20.6 Å². The van der Waals surface area contributed by atoms with Crippen LogP contribution in [0.25, 0.3) is 0 Å². The van der Waals surface area contributed by atoms with Gasteiger partial charge in [-0.15, -0.1) is 0 Å². The molecule has 1 amide bonds. The molecule has 1 rings (SSSR count). The van der Waals surface area contributed by atoms with Crippen molar-refractivity contribution in [1.82, 2.24) is 14.7 Å². The molecule has 0 fully saturated rings. The van der Waals surface area contributed by atoms with Gasteiger partial charge >= 0.3 is 6.18 Å². The molecule has 5 nitrogen and oxygen atoms in total. The average molecular weight is 264 g/mol. The van der Waals surface area contributed by atoms with Crippen molar-refractivity contribution < 1.29 is 18.0 Å². The number of alkyl halides is 3. The third-order valence-electron chi connectivity index (χ3n) is 2.55. The SMILES string of the molecule is Cc1nn(C)c(C(=O)N(C)CCC(F)(F)F)c1N. The van der Waals surface area contributed by atoms with Crippen LogP contribution in [0.2, 0.25) is 0 Å². The molecule has 0 saturated carbocycles. The molecule has 0 spiro atoms. The highest BCUT2D eigenvalue weighted by molar-refractivity contribution is 5.97. The number of nitrogens with two attached hydrogens (primary N) is 1. The molecule has 0 aliphatic carbocycles. The lowest BCUT2D eigenvalue weighted by molar-refractivity contribution is -0.136. The number of nitrogens with zero attached hydrogens (tertiary/aromatic N) is 3. The fourth-order valence-corrected chi connectivity index (χ4v) is 1.50. The fraction of sp³-hybridized carbons (Fsp3) is 0.600. The Kier molecular flexibility index (Phi) is 3.88. The Morgan fingerprint density at radius 1 is 1.50 bits per heavy atom. The smallest absolute Gasteiger partial charge is 0.390 e. The largest absolute Gasteiger partial charge is 0.395 e. The van der Waals surface area contributed by atoms with Gasteiger partial charge in [0.1, 0.15) is 5.69 Å². The highest BCUT2D eigenvalue weighted by Crippen LogP contribution is 2.21. The highest BCUT2D eigenvalue weighted by atomic mass is 19.4. The van der Waals surface area contributed by atoms with Gasteiger partial charge in [0.05, 0.1) is 17.8 Å². The number of nitrogen functional groups attached to an aromatic ring is 1. The molecule has 8 heteroatoms. The molecule has 0 radical (unpaired) electrons. The van der Waals surface area contributed by atoms with Crippen molar-refractivity contribution in [3.8, 4) is 0 Å². The van der Waals surface area contributed by atoms with E-state index in [0.717, 1.165) is 4.90 Å². The van der Waals surface area contributed by atoms with E-state index in [2.05, 4.69) is 5.10 Å². The van der Waals surface area contributed by atoms with Crippen LogP contribution in [0.1, 0.15) is 22.6 Å². The van der Waals surface area contributed by atoms with E-state index in [1.807, 2.05) is 0 Å². The summed E-state index contributed by atoms with van der Waals surface area (Å²) in [5.41, 5.74) is 6.45. The summed E-state index contributed by atoms with van der Waals surface area (Å²) in [7, 11) is 2.82. The highest BCUT2D eigenvalue weighted by Gasteiger charge is 2.29. The van der Waals surface area contributed by atoms with Crippen LogP contribution in [0.15, 0.2) is 0 Å². The van der Waals surface area contributed by atoms with Crippen LogP contribution in [0.4, 0.5) is 18.9 Å². The Morgan fingerprint density at radius 3 is 2.44 bits per heavy atom. The summed E-state index contributed by atoms with van der Waals surface area (Å²) in [6, 6.07) is 0. The molecule has 1 heterocycles. The van der Waals surface area contributed by atoms with E-state index < -0.39 is 25.0 Å². The number of rotatable bonds is 3. The standard InChI is InChI=1S/C10H15F3N4O/c1-6-7(14)8(17(3)15-6)9(18)16(2)5-4-10(11,12)13/h4-5,14H2,1-3H3. The van der Waals surface area contributed by atoms with Gasteiger partial charge in [0.15, 0.2) is 0 Å². The molecule has 1 aromatic rings. The van der Waals surface area contributed by atoms with Crippen molar-refractivity contribution in [3.05, 3.63) is 11.4 Å². The molecule has 0 bridgehead atoms. The van der Waals surface area contributed by atoms with Crippen LogP contribution in [-0.2, 0) is 7.05 Å². The summed E-state index contributed by atoms with van der Waals surface area (Å²) < 4.78 is 37.5. The quantitative estimate of drug-likeness (QED) is 0.895. The molecule has 102 valence electrons. The maximum atomic E-state index is 12.1. The topological polar surface area (TPSA) is 64.2 Å². The van der Waals surface area contributed by atoms with E-state index in [1.165, 1.54) is 18.8 Å². The van der Waals surface area contributed by atoms with Crippen molar-refractivity contribution in [2.75, 3.05) is 19.3 Å². The van der Waals surface area contributed by atoms with Gasteiger partial charge in [-0.1, -0.05) is 0 Å². The third kappa shape index (κ3) is 3.14. The first-order chi connectivity index (χ1) is 8.13. The lowest BCUT2D eigenvalue weighted by Gasteiger charge is -2.18. The zero-order valence-electron chi connectivity index (χ0n) is 10.4. The lowest BCUT2D eigenvalue weighted by Crippen LogP contribution is -2.32. The second-order valence-electron chi connectivity index (χ2n) is 4.06. The molecule has 18 heavy (non-hydrogen) atoms. The zero-order chi connectivity index (χ0) is 14.1. The molecule has 0 aromatic carbocycles. The molecule has 0 saturated heterocycles. The number of aryl methyl sites for hydroxylation is 2. The summed E-state index contributed by atoms with van der Waals surface area (Å²) in [6.45, 7) is 1.22. The van der Waals surface area contributed by atoms with Crippen LogP contribution in [0.5, 0.6) is 0 Å². The number of amides is 1. The van der Waals surface area contributed by atoms with Gasteiger partial charge < -0.3 is 10.6 Å². The lowest BCUT2D eigenvalue weighted by atomic mass is 10.2. The number of carbonyl (C=O) groups is 1. The first-order valence-corrected chi connectivity index (χ1v) is 5.24. The second-order valence-corrected chi connectivity index (χ2v) is 4.06. The van der Waals surface area contributed by atoms with Crippen LogP contribution in [0.3, 0.4) is 0 Å². The number of anilines is 1. The molecular formula is C10H15F3N4O. The number of hydrogen-bond acceptors (Lipinski definition) is 3. The van der Waals surface area contributed by atoms with Crippen molar-refractivity contribution in [2.24, 2.45) is 7.05 Å². The van der Waals surface area contributed by atoms with E-state index >= 15 is 0 Å². The second kappa shape index (κ2) is 4.87.